The molecule has 0 aliphatic carbocycles. The van der Waals surface area contributed by atoms with Crippen molar-refractivity contribution in [2.24, 2.45) is 0 Å². The maximum atomic E-state index is 4.95. The molecule has 0 N–H and O–H groups in total. The van der Waals surface area contributed by atoms with Crippen LogP contribution in [0.2, 0.25) is 0 Å². The van der Waals surface area contributed by atoms with Gasteiger partial charge in [0.1, 0.15) is 0 Å². The van der Waals surface area contributed by atoms with Gasteiger partial charge in [-0.2, -0.15) is 0 Å². The average molecular weight is 184 g/mol. The van der Waals surface area contributed by atoms with Crippen molar-refractivity contribution < 1.29 is 36.9 Å². The van der Waals surface area contributed by atoms with E-state index in [4.69, 9.17) is 19.4 Å². The molecule has 0 saturated carbocycles. The van der Waals surface area contributed by atoms with Gasteiger partial charge in [0.2, 0.25) is 0 Å². The summed E-state index contributed by atoms with van der Waals surface area (Å²) in [6.07, 6.45) is 0. The largest absolute Gasteiger partial charge is 0 e. The maximum Gasteiger partial charge on any atom is 0 e. The van der Waals surface area contributed by atoms with E-state index >= 15 is 0 Å². The number of hydrogen-bond donors (Lipinski definition) is 0. The standard InChI is InChI=1S/2ClH.Ti.Zn/h2*1H;;/q;;;+2/p-2. The maximum absolute atomic E-state index is 4.95. The first-order chi connectivity index (χ1) is 1.41. The Hall–Kier alpha value is 1.92. The molecule has 0 nitrogen and oxygen atoms in total. The minimum atomic E-state index is -0.931. The molecule has 0 aromatic carbocycles. The van der Waals surface area contributed by atoms with Gasteiger partial charge in [-0.3, -0.25) is 0 Å². The number of rotatable bonds is 0. The van der Waals surface area contributed by atoms with Crippen LogP contribution in [0.25, 0.3) is 0 Å². The third kappa shape index (κ3) is 9.07. The van der Waals surface area contributed by atoms with Gasteiger partial charge in [0.15, 0.2) is 0 Å². The molecule has 0 aromatic rings. The van der Waals surface area contributed by atoms with E-state index in [2.05, 4.69) is 0 Å². The molecule has 4 heavy (non-hydrogen) atoms. The van der Waals surface area contributed by atoms with Crippen LogP contribution in [0.4, 0.5) is 0 Å². The van der Waals surface area contributed by atoms with E-state index in [1.54, 1.807) is 0 Å². The summed E-state index contributed by atoms with van der Waals surface area (Å²) < 4.78 is 0. The van der Waals surface area contributed by atoms with E-state index in [0.29, 0.717) is 0 Å². The summed E-state index contributed by atoms with van der Waals surface area (Å²) >= 11 is -0.931. The van der Waals surface area contributed by atoms with E-state index in [1.807, 2.05) is 0 Å². The van der Waals surface area contributed by atoms with Gasteiger partial charge in [-0.25, -0.2) is 0 Å². The molecule has 0 rings (SSSR count). The predicted octanol–water partition coefficient (Wildman–Crippen LogP) is 1.37. The molecule has 20 valence electrons. The Balaban J connectivity index is 0. The van der Waals surface area contributed by atoms with Crippen LogP contribution < -0.4 is 0 Å². The zero-order valence-electron chi connectivity index (χ0n) is 1.96. The molecule has 0 spiro atoms. The molecule has 0 aliphatic rings. The summed E-state index contributed by atoms with van der Waals surface area (Å²) in [5.41, 5.74) is 0. The topological polar surface area (TPSA) is 0 Å². The number of hydrogen-bond acceptors (Lipinski definition) is 0. The van der Waals surface area contributed by atoms with Crippen LogP contribution in [-0.4, -0.2) is 0 Å². The molecule has 0 amide bonds. The quantitative estimate of drug-likeness (QED) is 0.499. The third-order valence-corrected chi connectivity index (χ3v) is 0. The molecule has 0 radical (unpaired) electrons. The Morgan fingerprint density at radius 2 is 1.25 bits per heavy atom. The van der Waals surface area contributed by atoms with Crippen LogP contribution in [0, 0.1) is 0 Å². The van der Waals surface area contributed by atoms with Crippen molar-refractivity contribution in [1.82, 2.24) is 0 Å². The normalized spacial score (nSPS) is 2.50. The Morgan fingerprint density at radius 3 is 1.25 bits per heavy atom. The summed E-state index contributed by atoms with van der Waals surface area (Å²) in [5.74, 6) is 0. The van der Waals surface area contributed by atoms with Crippen molar-refractivity contribution in [3.8, 4) is 0 Å². The second kappa shape index (κ2) is 8.87. The van der Waals surface area contributed by atoms with Crippen molar-refractivity contribution in [1.29, 1.82) is 0 Å². The molecule has 4 heteroatoms. The molecule has 0 aliphatic heterocycles. The van der Waals surface area contributed by atoms with Gasteiger partial charge in [0.05, 0.1) is 0 Å². The fraction of sp³-hybridized carbons (Fsp3) is 0. The molecule has 0 heterocycles. The van der Waals surface area contributed by atoms with Crippen molar-refractivity contribution in [3.63, 3.8) is 0 Å². The Labute approximate surface area is 55.8 Å². The van der Waals surface area contributed by atoms with Gasteiger partial charge in [-0.15, -0.1) is 0 Å². The summed E-state index contributed by atoms with van der Waals surface area (Å²) in [6.45, 7) is 0. The van der Waals surface area contributed by atoms with Crippen LogP contribution in [0.1, 0.15) is 0 Å². The summed E-state index contributed by atoms with van der Waals surface area (Å²) in [6, 6.07) is 0. The van der Waals surface area contributed by atoms with Gasteiger partial charge in [-0.1, -0.05) is 0 Å². The average Bonchev–Trinajstić information content (AvgIpc) is 0.918. The van der Waals surface area contributed by atoms with E-state index in [1.165, 1.54) is 0 Å². The zero-order valence-corrected chi connectivity index (χ0v) is 8.00. The summed E-state index contributed by atoms with van der Waals surface area (Å²) in [7, 11) is 9.90. The monoisotopic (exact) mass is 182 g/mol. The first-order valence-corrected chi connectivity index (χ1v) is 8.33. The third-order valence-electron chi connectivity index (χ3n) is 0. The van der Waals surface area contributed by atoms with Crippen LogP contribution >= 0.6 is 19.4 Å². The Morgan fingerprint density at radius 1 is 1.25 bits per heavy atom. The van der Waals surface area contributed by atoms with Gasteiger partial charge in [0, 0.05) is 21.7 Å². The summed E-state index contributed by atoms with van der Waals surface area (Å²) in [5, 5.41) is 0. The van der Waals surface area contributed by atoms with Crippen molar-refractivity contribution in [3.05, 3.63) is 0 Å². The first-order valence-electron chi connectivity index (χ1n) is 0.535. The van der Waals surface area contributed by atoms with Crippen LogP contribution in [0.5, 0.6) is 0 Å². The first kappa shape index (κ1) is 9.32. The Bertz CT molecular complexity index is 6.00. The van der Waals surface area contributed by atoms with Crippen LogP contribution in [-0.2, 0) is 36.9 Å². The molecule has 0 atom stereocenters. The predicted molar refractivity (Wildman–Crippen MR) is 11.7 cm³/mol. The minimum Gasteiger partial charge on any atom is 0 e. The van der Waals surface area contributed by atoms with Gasteiger partial charge in [0.25, 0.3) is 0 Å². The number of halogens is 2. The molecule has 0 bridgehead atoms. The van der Waals surface area contributed by atoms with Crippen molar-refractivity contribution in [2.75, 3.05) is 0 Å². The Kier molecular flexibility index (Phi) is 20.7. The summed E-state index contributed by atoms with van der Waals surface area (Å²) in [4.78, 5) is 0. The van der Waals surface area contributed by atoms with Gasteiger partial charge >= 0.3 is 34.5 Å². The van der Waals surface area contributed by atoms with Gasteiger partial charge in [-0.05, 0) is 0 Å². The fourth-order valence-corrected chi connectivity index (χ4v) is 0. The molecular weight excluding hydrogens is 184 g/mol. The SMILES string of the molecule is [Cl][Zn][Cl].[Ti]. The van der Waals surface area contributed by atoms with E-state index in [-0.39, 0.29) is 21.7 Å². The van der Waals surface area contributed by atoms with Crippen LogP contribution in [0.3, 0.4) is 0 Å². The van der Waals surface area contributed by atoms with Crippen molar-refractivity contribution in [2.45, 2.75) is 0 Å². The zero-order chi connectivity index (χ0) is 2.71. The van der Waals surface area contributed by atoms with Gasteiger partial charge < -0.3 is 0 Å². The molecule has 0 saturated heterocycles. The molecule has 0 aromatic heterocycles. The molecular formula is Cl2TiZn. The second-order valence-corrected chi connectivity index (χ2v) is 4.72. The van der Waals surface area contributed by atoms with E-state index in [0.717, 1.165) is 0 Å². The molecule has 0 unspecified atom stereocenters. The van der Waals surface area contributed by atoms with E-state index in [9.17, 15) is 0 Å². The molecule has 0 fully saturated rings. The fourth-order valence-electron chi connectivity index (χ4n) is 0. The van der Waals surface area contributed by atoms with E-state index < -0.39 is 15.1 Å². The minimum absolute atomic E-state index is 0. The van der Waals surface area contributed by atoms with Crippen molar-refractivity contribution >= 4 is 19.4 Å². The smallest absolute Gasteiger partial charge is 0 e. The second-order valence-electron chi connectivity index (χ2n) is 0.101. The van der Waals surface area contributed by atoms with Crippen LogP contribution in [0.15, 0.2) is 0 Å².